The molecular formula is C11H19NO5S. The van der Waals surface area contributed by atoms with Gasteiger partial charge in [0.15, 0.2) is 9.84 Å². The standard InChI is InChI=1S/C11H19NO5S/c1-11(12(2)13)7-8(16-3)9(18(5,14)15)6-10(11)17-4/h6-7,10,12H,1-5H3. The molecule has 6 nitrogen and oxygen atoms in total. The van der Waals surface area contributed by atoms with Crippen molar-refractivity contribution in [1.82, 2.24) is 0 Å². The molecule has 0 spiro atoms. The first-order valence-corrected chi connectivity index (χ1v) is 7.29. The molecule has 3 unspecified atom stereocenters. The second-order valence-corrected chi connectivity index (χ2v) is 6.50. The van der Waals surface area contributed by atoms with Crippen LogP contribution in [0.2, 0.25) is 0 Å². The molecule has 0 bridgehead atoms. The number of methoxy groups -OCH3 is 2. The average molecular weight is 277 g/mol. The Morgan fingerprint density at radius 3 is 2.33 bits per heavy atom. The number of sulfone groups is 1. The van der Waals surface area contributed by atoms with Gasteiger partial charge in [-0.15, -0.1) is 0 Å². The maximum Gasteiger partial charge on any atom is 0.178 e. The molecule has 104 valence electrons. The van der Waals surface area contributed by atoms with Gasteiger partial charge in [0.25, 0.3) is 0 Å². The van der Waals surface area contributed by atoms with E-state index in [1.165, 1.54) is 33.4 Å². The fourth-order valence-corrected chi connectivity index (χ4v) is 2.78. The Labute approximate surface area is 107 Å². The van der Waals surface area contributed by atoms with Crippen LogP contribution in [-0.4, -0.2) is 47.6 Å². The number of rotatable bonds is 4. The number of quaternary nitrogens is 1. The van der Waals surface area contributed by atoms with Gasteiger partial charge in [-0.3, -0.25) is 0 Å². The molecule has 0 aromatic heterocycles. The molecule has 1 aliphatic rings. The Bertz CT molecular complexity index is 480. The third-order valence-corrected chi connectivity index (χ3v) is 4.34. The van der Waals surface area contributed by atoms with Crippen molar-refractivity contribution in [2.45, 2.75) is 18.6 Å². The maximum atomic E-state index is 11.7. The van der Waals surface area contributed by atoms with E-state index in [0.717, 1.165) is 6.26 Å². The van der Waals surface area contributed by atoms with E-state index in [1.54, 1.807) is 6.92 Å². The van der Waals surface area contributed by atoms with E-state index in [0.29, 0.717) is 0 Å². The molecule has 0 amide bonds. The third-order valence-electron chi connectivity index (χ3n) is 3.20. The van der Waals surface area contributed by atoms with Crippen LogP contribution in [0.5, 0.6) is 0 Å². The topological polar surface area (TPSA) is 80.1 Å². The largest absolute Gasteiger partial charge is 0.634 e. The van der Waals surface area contributed by atoms with Gasteiger partial charge in [-0.1, -0.05) is 0 Å². The summed E-state index contributed by atoms with van der Waals surface area (Å²) in [6.07, 6.45) is 3.41. The Morgan fingerprint density at radius 2 is 2.00 bits per heavy atom. The van der Waals surface area contributed by atoms with Gasteiger partial charge in [-0.05, 0) is 13.0 Å². The molecule has 0 saturated carbocycles. The minimum atomic E-state index is -3.43. The highest BCUT2D eigenvalue weighted by Crippen LogP contribution is 2.29. The zero-order valence-corrected chi connectivity index (χ0v) is 12.0. The molecule has 1 aliphatic carbocycles. The van der Waals surface area contributed by atoms with Gasteiger partial charge in [0.1, 0.15) is 22.3 Å². The highest BCUT2D eigenvalue weighted by molar-refractivity contribution is 7.94. The van der Waals surface area contributed by atoms with E-state index >= 15 is 0 Å². The fraction of sp³-hybridized carbons (Fsp3) is 0.636. The molecule has 0 radical (unpaired) electrons. The molecular weight excluding hydrogens is 258 g/mol. The first-order chi connectivity index (χ1) is 8.16. The van der Waals surface area contributed by atoms with Crippen molar-refractivity contribution in [3.05, 3.63) is 28.0 Å². The summed E-state index contributed by atoms with van der Waals surface area (Å²) in [6.45, 7) is 1.69. The van der Waals surface area contributed by atoms with Gasteiger partial charge < -0.3 is 19.7 Å². The van der Waals surface area contributed by atoms with E-state index < -0.39 is 21.5 Å². The van der Waals surface area contributed by atoms with Crippen molar-refractivity contribution in [3.8, 4) is 0 Å². The molecule has 0 fully saturated rings. The van der Waals surface area contributed by atoms with Crippen LogP contribution in [0.4, 0.5) is 0 Å². The molecule has 0 heterocycles. The number of nitrogens with one attached hydrogen (secondary N) is 1. The number of hydrogen-bond acceptors (Lipinski definition) is 5. The van der Waals surface area contributed by atoms with E-state index in [1.807, 2.05) is 0 Å². The average Bonchev–Trinajstić information content (AvgIpc) is 2.26. The summed E-state index contributed by atoms with van der Waals surface area (Å²) >= 11 is 0. The van der Waals surface area contributed by atoms with Crippen molar-refractivity contribution in [1.29, 1.82) is 0 Å². The van der Waals surface area contributed by atoms with Gasteiger partial charge >= 0.3 is 0 Å². The quantitative estimate of drug-likeness (QED) is 0.684. The normalized spacial score (nSPS) is 30.4. The zero-order chi connectivity index (χ0) is 14.1. The highest BCUT2D eigenvalue weighted by Gasteiger charge is 2.42. The number of likely N-dealkylation sites (N-methyl/N-ethyl adjacent to an activating group) is 1. The van der Waals surface area contributed by atoms with Crippen LogP contribution < -0.4 is 5.06 Å². The SMILES string of the molecule is COC1=CC(C)([NH+](C)[O-])C(OC)C=C1S(C)(=O)=O. The lowest BCUT2D eigenvalue weighted by Gasteiger charge is -2.42. The van der Waals surface area contributed by atoms with Crippen LogP contribution in [0.3, 0.4) is 0 Å². The molecule has 0 aromatic carbocycles. The summed E-state index contributed by atoms with van der Waals surface area (Å²) < 4.78 is 33.6. The summed E-state index contributed by atoms with van der Waals surface area (Å²) in [5, 5.41) is 11.6. The van der Waals surface area contributed by atoms with E-state index in [-0.39, 0.29) is 15.7 Å². The Hall–Kier alpha value is -0.890. The molecule has 0 aliphatic heterocycles. The predicted molar refractivity (Wildman–Crippen MR) is 67.5 cm³/mol. The van der Waals surface area contributed by atoms with Gasteiger partial charge in [-0.2, -0.15) is 0 Å². The van der Waals surface area contributed by atoms with Crippen LogP contribution in [0.1, 0.15) is 6.92 Å². The molecule has 7 heteroatoms. The number of ether oxygens (including phenoxy) is 2. The molecule has 1 rings (SSSR count). The summed E-state index contributed by atoms with van der Waals surface area (Å²) in [4.78, 5) is 0.0515. The van der Waals surface area contributed by atoms with Gasteiger partial charge in [0, 0.05) is 19.4 Å². The smallest absolute Gasteiger partial charge is 0.178 e. The summed E-state index contributed by atoms with van der Waals surface area (Å²) in [7, 11) is 0.822. The minimum absolute atomic E-state index is 0.0515. The lowest BCUT2D eigenvalue weighted by molar-refractivity contribution is -0.878. The monoisotopic (exact) mass is 277 g/mol. The van der Waals surface area contributed by atoms with Gasteiger partial charge in [0.2, 0.25) is 0 Å². The fourth-order valence-electron chi connectivity index (χ4n) is 1.90. The summed E-state index contributed by atoms with van der Waals surface area (Å²) in [5.41, 5.74) is -0.922. The van der Waals surface area contributed by atoms with Crippen LogP contribution in [0.25, 0.3) is 0 Å². The zero-order valence-electron chi connectivity index (χ0n) is 11.2. The molecule has 0 aromatic rings. The predicted octanol–water partition coefficient (Wildman–Crippen LogP) is -0.755. The number of hydrogen-bond donors (Lipinski definition) is 1. The van der Waals surface area contributed by atoms with E-state index in [2.05, 4.69) is 0 Å². The van der Waals surface area contributed by atoms with Gasteiger partial charge in [-0.25, -0.2) is 8.42 Å². The maximum absolute atomic E-state index is 11.7. The molecule has 3 atom stereocenters. The molecule has 1 N–H and O–H groups in total. The summed E-state index contributed by atoms with van der Waals surface area (Å²) in [5.74, 6) is 0.184. The Kier molecular flexibility index (Phi) is 4.22. The van der Waals surface area contributed by atoms with Gasteiger partial charge in [0.05, 0.1) is 14.2 Å². The minimum Gasteiger partial charge on any atom is -0.634 e. The van der Waals surface area contributed by atoms with Crippen molar-refractivity contribution >= 4 is 9.84 Å². The third kappa shape index (κ3) is 2.59. The Balaban J connectivity index is 3.38. The summed E-state index contributed by atoms with van der Waals surface area (Å²) in [6, 6.07) is 0. The van der Waals surface area contributed by atoms with E-state index in [9.17, 15) is 13.6 Å². The van der Waals surface area contributed by atoms with Crippen molar-refractivity contribution in [2.24, 2.45) is 0 Å². The molecule has 0 saturated heterocycles. The van der Waals surface area contributed by atoms with Crippen molar-refractivity contribution in [3.63, 3.8) is 0 Å². The van der Waals surface area contributed by atoms with Crippen LogP contribution in [0, 0.1) is 5.21 Å². The number of hydroxylamine groups is 2. The Morgan fingerprint density at radius 1 is 1.44 bits per heavy atom. The highest BCUT2D eigenvalue weighted by atomic mass is 32.2. The van der Waals surface area contributed by atoms with Crippen molar-refractivity contribution in [2.75, 3.05) is 27.5 Å². The van der Waals surface area contributed by atoms with Crippen LogP contribution >= 0.6 is 0 Å². The first-order valence-electron chi connectivity index (χ1n) is 5.39. The van der Waals surface area contributed by atoms with Crippen LogP contribution in [-0.2, 0) is 19.3 Å². The molecule has 18 heavy (non-hydrogen) atoms. The lowest BCUT2D eigenvalue weighted by Crippen LogP contribution is -3.14. The second-order valence-electron chi connectivity index (χ2n) is 4.51. The van der Waals surface area contributed by atoms with Crippen molar-refractivity contribution < 1.29 is 23.0 Å². The second kappa shape index (κ2) is 5.00. The van der Waals surface area contributed by atoms with Crippen LogP contribution in [0.15, 0.2) is 22.8 Å². The lowest BCUT2D eigenvalue weighted by atomic mass is 9.89. The van der Waals surface area contributed by atoms with E-state index in [4.69, 9.17) is 9.47 Å². The first kappa shape index (κ1) is 15.2.